The molecule has 114 valence electrons. The van der Waals surface area contributed by atoms with E-state index in [0.717, 1.165) is 13.0 Å². The number of carboxylic acid groups (broad SMARTS) is 1. The molecule has 6 heteroatoms. The Bertz CT molecular complexity index is 209. The molecule has 0 aliphatic carbocycles. The fraction of sp³-hybridized carbons (Fsp3) is 0.923. The Balaban J connectivity index is 3.14. The zero-order valence-corrected chi connectivity index (χ0v) is 11.9. The minimum atomic E-state index is -1.28. The SMILES string of the molecule is CCCCCOC(C)COCCOCCOC(=O)O. The second-order valence-electron chi connectivity index (χ2n) is 4.19. The molecular formula is C13H26O6. The van der Waals surface area contributed by atoms with Crippen LogP contribution in [0.5, 0.6) is 0 Å². The highest BCUT2D eigenvalue weighted by Gasteiger charge is 2.02. The fourth-order valence-corrected chi connectivity index (χ4v) is 1.34. The summed E-state index contributed by atoms with van der Waals surface area (Å²) in [5, 5.41) is 8.20. The summed E-state index contributed by atoms with van der Waals surface area (Å²) in [6.07, 6.45) is 2.28. The fourth-order valence-electron chi connectivity index (χ4n) is 1.34. The van der Waals surface area contributed by atoms with Gasteiger partial charge in [0.2, 0.25) is 0 Å². The van der Waals surface area contributed by atoms with E-state index < -0.39 is 6.16 Å². The van der Waals surface area contributed by atoms with Crippen molar-refractivity contribution in [2.45, 2.75) is 39.2 Å². The van der Waals surface area contributed by atoms with Crippen LogP contribution in [0.4, 0.5) is 4.79 Å². The third kappa shape index (κ3) is 15.1. The lowest BCUT2D eigenvalue weighted by Gasteiger charge is -2.13. The quantitative estimate of drug-likeness (QED) is 0.411. The summed E-state index contributed by atoms with van der Waals surface area (Å²) >= 11 is 0. The molecule has 19 heavy (non-hydrogen) atoms. The van der Waals surface area contributed by atoms with Crippen LogP contribution < -0.4 is 0 Å². The van der Waals surface area contributed by atoms with Crippen LogP contribution in [0.2, 0.25) is 0 Å². The molecule has 0 bridgehead atoms. The van der Waals surface area contributed by atoms with Crippen LogP contribution in [-0.2, 0) is 18.9 Å². The Kier molecular flexibility index (Phi) is 13.0. The predicted molar refractivity (Wildman–Crippen MR) is 70.6 cm³/mol. The highest BCUT2D eigenvalue weighted by atomic mass is 16.7. The Morgan fingerprint density at radius 2 is 1.74 bits per heavy atom. The summed E-state index contributed by atoms with van der Waals surface area (Å²) < 4.78 is 20.3. The largest absolute Gasteiger partial charge is 0.505 e. The van der Waals surface area contributed by atoms with E-state index in [1.807, 2.05) is 6.92 Å². The van der Waals surface area contributed by atoms with Crippen LogP contribution in [0.1, 0.15) is 33.1 Å². The van der Waals surface area contributed by atoms with Crippen LogP contribution >= 0.6 is 0 Å². The summed E-state index contributed by atoms with van der Waals surface area (Å²) in [5.74, 6) is 0. The van der Waals surface area contributed by atoms with E-state index in [1.54, 1.807) is 0 Å². The molecule has 1 unspecified atom stereocenters. The lowest BCUT2D eigenvalue weighted by molar-refractivity contribution is -0.0285. The van der Waals surface area contributed by atoms with E-state index >= 15 is 0 Å². The maximum atomic E-state index is 10.0. The van der Waals surface area contributed by atoms with Gasteiger partial charge >= 0.3 is 6.16 Å². The molecule has 0 rings (SSSR count). The van der Waals surface area contributed by atoms with Crippen molar-refractivity contribution < 1.29 is 28.8 Å². The van der Waals surface area contributed by atoms with E-state index in [9.17, 15) is 4.79 Å². The molecule has 0 aliphatic heterocycles. The monoisotopic (exact) mass is 278 g/mol. The molecule has 0 saturated heterocycles. The van der Waals surface area contributed by atoms with Gasteiger partial charge in [0.25, 0.3) is 0 Å². The third-order valence-electron chi connectivity index (χ3n) is 2.33. The smallest absolute Gasteiger partial charge is 0.450 e. The first-order chi connectivity index (χ1) is 9.16. The van der Waals surface area contributed by atoms with E-state index in [0.29, 0.717) is 19.8 Å². The summed E-state index contributed by atoms with van der Waals surface area (Å²) in [6, 6.07) is 0. The van der Waals surface area contributed by atoms with Crippen molar-refractivity contribution in [1.29, 1.82) is 0 Å². The van der Waals surface area contributed by atoms with Gasteiger partial charge < -0.3 is 24.1 Å². The molecule has 0 heterocycles. The maximum Gasteiger partial charge on any atom is 0.505 e. The zero-order valence-electron chi connectivity index (χ0n) is 11.9. The number of unbranched alkanes of at least 4 members (excludes halogenated alkanes) is 2. The molecule has 0 saturated carbocycles. The Morgan fingerprint density at radius 1 is 1.05 bits per heavy atom. The van der Waals surface area contributed by atoms with Crippen LogP contribution in [0.25, 0.3) is 0 Å². The van der Waals surface area contributed by atoms with Gasteiger partial charge in [0.15, 0.2) is 0 Å². The van der Waals surface area contributed by atoms with Gasteiger partial charge in [-0.1, -0.05) is 19.8 Å². The van der Waals surface area contributed by atoms with Crippen molar-refractivity contribution >= 4 is 6.16 Å². The second kappa shape index (κ2) is 13.6. The molecule has 0 spiro atoms. The molecule has 0 aliphatic rings. The molecule has 0 amide bonds. The first-order valence-electron chi connectivity index (χ1n) is 6.79. The Labute approximate surface area is 115 Å². The first-order valence-corrected chi connectivity index (χ1v) is 6.79. The van der Waals surface area contributed by atoms with Gasteiger partial charge in [0.05, 0.1) is 32.5 Å². The molecule has 0 aromatic rings. The molecule has 0 fully saturated rings. The highest BCUT2D eigenvalue weighted by molar-refractivity contribution is 5.56. The molecule has 0 aromatic heterocycles. The zero-order chi connectivity index (χ0) is 14.3. The van der Waals surface area contributed by atoms with E-state index in [4.69, 9.17) is 19.3 Å². The van der Waals surface area contributed by atoms with Crippen LogP contribution in [0.15, 0.2) is 0 Å². The topological polar surface area (TPSA) is 74.2 Å². The van der Waals surface area contributed by atoms with Gasteiger partial charge in [-0.05, 0) is 13.3 Å². The number of hydrogen-bond acceptors (Lipinski definition) is 5. The van der Waals surface area contributed by atoms with Gasteiger partial charge in [0.1, 0.15) is 6.61 Å². The number of rotatable bonds is 13. The predicted octanol–water partition coefficient (Wildman–Crippen LogP) is 2.31. The summed E-state index contributed by atoms with van der Waals surface area (Å²) in [7, 11) is 0. The van der Waals surface area contributed by atoms with E-state index in [1.165, 1.54) is 12.8 Å². The minimum absolute atomic E-state index is 0.0479. The van der Waals surface area contributed by atoms with Crippen molar-refractivity contribution in [3.8, 4) is 0 Å². The van der Waals surface area contributed by atoms with Crippen LogP contribution in [0, 0.1) is 0 Å². The second-order valence-corrected chi connectivity index (χ2v) is 4.19. The summed E-state index contributed by atoms with van der Waals surface area (Å²) in [6.45, 7) is 6.65. The van der Waals surface area contributed by atoms with E-state index in [2.05, 4.69) is 11.7 Å². The van der Waals surface area contributed by atoms with Crippen LogP contribution in [0.3, 0.4) is 0 Å². The lowest BCUT2D eigenvalue weighted by atomic mass is 10.3. The highest BCUT2D eigenvalue weighted by Crippen LogP contribution is 1.98. The molecular weight excluding hydrogens is 252 g/mol. The summed E-state index contributed by atoms with van der Waals surface area (Å²) in [4.78, 5) is 10.0. The summed E-state index contributed by atoms with van der Waals surface area (Å²) in [5.41, 5.74) is 0. The molecule has 1 atom stereocenters. The van der Waals surface area contributed by atoms with Crippen molar-refractivity contribution in [2.75, 3.05) is 39.6 Å². The molecule has 1 N–H and O–H groups in total. The van der Waals surface area contributed by atoms with Crippen molar-refractivity contribution in [2.24, 2.45) is 0 Å². The van der Waals surface area contributed by atoms with Crippen molar-refractivity contribution in [3.05, 3.63) is 0 Å². The number of carbonyl (C=O) groups is 1. The average Bonchev–Trinajstić information content (AvgIpc) is 2.37. The van der Waals surface area contributed by atoms with Gasteiger partial charge in [-0.15, -0.1) is 0 Å². The lowest BCUT2D eigenvalue weighted by Crippen LogP contribution is -2.19. The Hall–Kier alpha value is -0.850. The molecule has 6 nitrogen and oxygen atoms in total. The van der Waals surface area contributed by atoms with Gasteiger partial charge in [-0.2, -0.15) is 0 Å². The molecule has 0 radical (unpaired) electrons. The standard InChI is InChI=1S/C13H26O6/c1-3-4-5-6-18-12(2)11-17-8-7-16-9-10-19-13(14)15/h12H,3-11H2,1-2H3,(H,14,15). The van der Waals surface area contributed by atoms with Gasteiger partial charge in [-0.25, -0.2) is 4.79 Å². The number of hydrogen-bond donors (Lipinski definition) is 1. The number of ether oxygens (including phenoxy) is 4. The molecule has 0 aromatic carbocycles. The van der Waals surface area contributed by atoms with Crippen molar-refractivity contribution in [3.63, 3.8) is 0 Å². The van der Waals surface area contributed by atoms with Crippen LogP contribution in [-0.4, -0.2) is 57.0 Å². The minimum Gasteiger partial charge on any atom is -0.450 e. The third-order valence-corrected chi connectivity index (χ3v) is 2.33. The normalized spacial score (nSPS) is 12.3. The first kappa shape index (κ1) is 18.1. The van der Waals surface area contributed by atoms with Crippen molar-refractivity contribution in [1.82, 2.24) is 0 Å². The van der Waals surface area contributed by atoms with Gasteiger partial charge in [-0.3, -0.25) is 0 Å². The maximum absolute atomic E-state index is 10.0. The van der Waals surface area contributed by atoms with Gasteiger partial charge in [0, 0.05) is 6.61 Å². The average molecular weight is 278 g/mol. The van der Waals surface area contributed by atoms with E-state index in [-0.39, 0.29) is 19.3 Å². The Morgan fingerprint density at radius 3 is 2.42 bits per heavy atom.